The van der Waals surface area contributed by atoms with Crippen LogP contribution in [0.15, 0.2) is 22.7 Å². The van der Waals surface area contributed by atoms with E-state index in [0.29, 0.717) is 11.6 Å². The quantitative estimate of drug-likeness (QED) is 0.821. The summed E-state index contributed by atoms with van der Waals surface area (Å²) >= 11 is 3.47. The molecule has 1 heterocycles. The molecule has 1 aliphatic rings. The lowest BCUT2D eigenvalue weighted by Gasteiger charge is -2.37. The average molecular weight is 293 g/mol. The van der Waals surface area contributed by atoms with Gasteiger partial charge in [0.05, 0.1) is 5.56 Å². The van der Waals surface area contributed by atoms with E-state index in [2.05, 4.69) is 46.0 Å². The first-order valence-electron chi connectivity index (χ1n) is 6.22. The molecule has 2 rings (SSSR count). The maximum absolute atomic E-state index is 8.92. The van der Waals surface area contributed by atoms with Gasteiger partial charge in [0.15, 0.2) is 0 Å². The fourth-order valence-corrected chi connectivity index (χ4v) is 2.99. The molecule has 0 bridgehead atoms. The third kappa shape index (κ3) is 2.63. The molecule has 0 aromatic heterocycles. The van der Waals surface area contributed by atoms with E-state index in [1.54, 1.807) is 0 Å². The van der Waals surface area contributed by atoms with E-state index in [-0.39, 0.29) is 0 Å². The normalized spacial score (nSPS) is 20.1. The van der Waals surface area contributed by atoms with Crippen molar-refractivity contribution < 1.29 is 0 Å². The van der Waals surface area contributed by atoms with Gasteiger partial charge < -0.3 is 4.90 Å². The van der Waals surface area contributed by atoms with Crippen molar-refractivity contribution >= 4 is 21.6 Å². The molecule has 2 nitrogen and oxygen atoms in total. The summed E-state index contributed by atoms with van der Waals surface area (Å²) in [7, 11) is 0. The predicted molar refractivity (Wildman–Crippen MR) is 74.1 cm³/mol. The Morgan fingerprint density at radius 1 is 1.47 bits per heavy atom. The van der Waals surface area contributed by atoms with Crippen LogP contribution in [-0.4, -0.2) is 12.6 Å². The molecule has 3 heteroatoms. The smallest absolute Gasteiger partial charge is 0.100 e. The largest absolute Gasteiger partial charge is 0.369 e. The number of benzene rings is 1. The van der Waals surface area contributed by atoms with Gasteiger partial charge in [-0.1, -0.05) is 6.92 Å². The fraction of sp³-hybridized carbons (Fsp3) is 0.500. The van der Waals surface area contributed by atoms with Crippen molar-refractivity contribution in [2.75, 3.05) is 11.4 Å². The van der Waals surface area contributed by atoms with E-state index in [1.165, 1.54) is 31.4 Å². The molecule has 1 fully saturated rings. The van der Waals surface area contributed by atoms with Crippen LogP contribution in [0.1, 0.15) is 38.2 Å². The molecular formula is C14H17BrN2. The summed E-state index contributed by atoms with van der Waals surface area (Å²) in [5.74, 6) is 0. The Bertz CT molecular complexity index is 436. The summed E-state index contributed by atoms with van der Waals surface area (Å²) in [6, 6.07) is 8.89. The zero-order valence-electron chi connectivity index (χ0n) is 10.1. The second-order valence-corrected chi connectivity index (χ2v) is 5.38. The van der Waals surface area contributed by atoms with Gasteiger partial charge >= 0.3 is 0 Å². The number of hydrogen-bond donors (Lipinski definition) is 0. The van der Waals surface area contributed by atoms with Gasteiger partial charge in [0.25, 0.3) is 0 Å². The second kappa shape index (κ2) is 5.55. The highest BCUT2D eigenvalue weighted by Crippen LogP contribution is 2.29. The summed E-state index contributed by atoms with van der Waals surface area (Å²) in [6.07, 6.45) is 5.09. The van der Waals surface area contributed by atoms with E-state index in [9.17, 15) is 0 Å². The Morgan fingerprint density at radius 2 is 2.29 bits per heavy atom. The van der Waals surface area contributed by atoms with E-state index in [0.717, 1.165) is 11.0 Å². The molecule has 0 aliphatic carbocycles. The van der Waals surface area contributed by atoms with E-state index in [4.69, 9.17) is 5.26 Å². The van der Waals surface area contributed by atoms with Crippen LogP contribution in [0.5, 0.6) is 0 Å². The SMILES string of the molecule is CCC1CCCCN1c1ccc(C#N)c(Br)c1. The maximum atomic E-state index is 8.92. The van der Waals surface area contributed by atoms with Crippen molar-refractivity contribution in [1.82, 2.24) is 0 Å². The molecule has 0 N–H and O–H groups in total. The zero-order chi connectivity index (χ0) is 12.3. The van der Waals surface area contributed by atoms with Crippen molar-refractivity contribution in [2.45, 2.75) is 38.6 Å². The van der Waals surface area contributed by atoms with Crippen molar-refractivity contribution in [3.63, 3.8) is 0 Å². The van der Waals surface area contributed by atoms with Crippen molar-refractivity contribution in [3.8, 4) is 6.07 Å². The Hall–Kier alpha value is -1.01. The van der Waals surface area contributed by atoms with Gasteiger partial charge in [0, 0.05) is 22.7 Å². The van der Waals surface area contributed by atoms with Gasteiger partial charge in [-0.15, -0.1) is 0 Å². The van der Waals surface area contributed by atoms with Gasteiger partial charge in [-0.05, 0) is 59.8 Å². The first-order valence-corrected chi connectivity index (χ1v) is 7.02. The number of nitrogens with zero attached hydrogens (tertiary/aromatic N) is 2. The zero-order valence-corrected chi connectivity index (χ0v) is 11.7. The lowest BCUT2D eigenvalue weighted by molar-refractivity contribution is 0.450. The average Bonchev–Trinajstić information content (AvgIpc) is 2.38. The van der Waals surface area contributed by atoms with E-state index in [1.807, 2.05) is 6.07 Å². The van der Waals surface area contributed by atoms with Crippen LogP contribution < -0.4 is 4.90 Å². The van der Waals surface area contributed by atoms with Gasteiger partial charge in [0.2, 0.25) is 0 Å². The summed E-state index contributed by atoms with van der Waals surface area (Å²) in [5.41, 5.74) is 1.95. The highest BCUT2D eigenvalue weighted by Gasteiger charge is 2.21. The standard InChI is InChI=1S/C14H17BrN2/c1-2-12-5-3-4-8-17(12)13-7-6-11(10-16)14(15)9-13/h6-7,9,12H,2-5,8H2,1H3. The molecule has 1 atom stereocenters. The topological polar surface area (TPSA) is 27.0 Å². The molecule has 17 heavy (non-hydrogen) atoms. The number of anilines is 1. The number of halogens is 1. The van der Waals surface area contributed by atoms with E-state index < -0.39 is 0 Å². The molecule has 1 aromatic rings. The minimum absolute atomic E-state index is 0.656. The van der Waals surface area contributed by atoms with Crippen LogP contribution >= 0.6 is 15.9 Å². The van der Waals surface area contributed by atoms with Gasteiger partial charge in [-0.25, -0.2) is 0 Å². The number of rotatable bonds is 2. The first kappa shape index (κ1) is 12.4. The molecule has 0 radical (unpaired) electrons. The first-order chi connectivity index (χ1) is 8.26. The Labute approximate surface area is 111 Å². The molecule has 1 aromatic carbocycles. The molecule has 0 saturated carbocycles. The van der Waals surface area contributed by atoms with Crippen LogP contribution in [0.3, 0.4) is 0 Å². The third-order valence-corrected chi connectivity index (χ3v) is 4.16. The fourth-order valence-electron chi connectivity index (χ4n) is 2.54. The van der Waals surface area contributed by atoms with Crippen LogP contribution in [0, 0.1) is 11.3 Å². The summed E-state index contributed by atoms with van der Waals surface area (Å²) in [4.78, 5) is 2.48. The third-order valence-electron chi connectivity index (χ3n) is 3.50. The van der Waals surface area contributed by atoms with E-state index >= 15 is 0 Å². The molecule has 1 unspecified atom stereocenters. The van der Waals surface area contributed by atoms with Crippen LogP contribution in [0.4, 0.5) is 5.69 Å². The lowest BCUT2D eigenvalue weighted by atomic mass is 9.99. The Kier molecular flexibility index (Phi) is 4.06. The van der Waals surface area contributed by atoms with Crippen molar-refractivity contribution in [2.24, 2.45) is 0 Å². The maximum Gasteiger partial charge on any atom is 0.100 e. The van der Waals surface area contributed by atoms with Crippen molar-refractivity contribution in [1.29, 1.82) is 5.26 Å². The summed E-state index contributed by atoms with van der Waals surface area (Å²) < 4.78 is 0.901. The highest BCUT2D eigenvalue weighted by molar-refractivity contribution is 9.10. The monoisotopic (exact) mass is 292 g/mol. The van der Waals surface area contributed by atoms with Crippen LogP contribution in [-0.2, 0) is 0 Å². The minimum Gasteiger partial charge on any atom is -0.369 e. The minimum atomic E-state index is 0.656. The Morgan fingerprint density at radius 3 is 2.94 bits per heavy atom. The number of hydrogen-bond acceptors (Lipinski definition) is 2. The molecule has 1 aliphatic heterocycles. The lowest BCUT2D eigenvalue weighted by Crippen LogP contribution is -2.39. The highest BCUT2D eigenvalue weighted by atomic mass is 79.9. The molecular weight excluding hydrogens is 276 g/mol. The summed E-state index contributed by atoms with van der Waals surface area (Å²) in [5, 5.41) is 8.92. The van der Waals surface area contributed by atoms with Gasteiger partial charge in [0.1, 0.15) is 6.07 Å². The second-order valence-electron chi connectivity index (χ2n) is 4.53. The van der Waals surface area contributed by atoms with Gasteiger partial charge in [-0.2, -0.15) is 5.26 Å². The number of nitriles is 1. The number of piperidine rings is 1. The molecule has 0 amide bonds. The molecule has 0 spiro atoms. The Balaban J connectivity index is 2.26. The predicted octanol–water partition coefficient (Wildman–Crippen LogP) is 4.09. The van der Waals surface area contributed by atoms with Crippen LogP contribution in [0.2, 0.25) is 0 Å². The van der Waals surface area contributed by atoms with Crippen molar-refractivity contribution in [3.05, 3.63) is 28.2 Å². The van der Waals surface area contributed by atoms with Gasteiger partial charge in [-0.3, -0.25) is 0 Å². The molecule has 1 saturated heterocycles. The summed E-state index contributed by atoms with van der Waals surface area (Å²) in [6.45, 7) is 3.39. The molecule has 90 valence electrons. The van der Waals surface area contributed by atoms with Crippen LogP contribution in [0.25, 0.3) is 0 Å².